The van der Waals surface area contributed by atoms with Crippen molar-refractivity contribution >= 4 is 34.8 Å². The third kappa shape index (κ3) is 3.38. The van der Waals surface area contributed by atoms with Gasteiger partial charge in [0, 0.05) is 5.56 Å². The lowest BCUT2D eigenvalue weighted by molar-refractivity contribution is -0.137. The Balaban J connectivity index is 2.05. The molecular formula is C13H7ClF6N4S. The molecule has 3 N–H and O–H groups in total. The zero-order valence-corrected chi connectivity index (χ0v) is 13.4. The summed E-state index contributed by atoms with van der Waals surface area (Å²) < 4.78 is 77.9. The summed E-state index contributed by atoms with van der Waals surface area (Å²) in [4.78, 5) is 3.94. The molecule has 0 radical (unpaired) electrons. The van der Waals surface area contributed by atoms with Gasteiger partial charge in [0.05, 0.1) is 16.3 Å². The van der Waals surface area contributed by atoms with Crippen LogP contribution in [-0.4, -0.2) is 23.3 Å². The summed E-state index contributed by atoms with van der Waals surface area (Å²) in [6.45, 7) is 0. The Morgan fingerprint density at radius 1 is 1.04 bits per heavy atom. The number of halogens is 7. The van der Waals surface area contributed by atoms with E-state index in [0.717, 1.165) is 12.1 Å². The SMILES string of the molecule is FC(F)(F)C1=C2NC(c3cc(C(F)(F)F)ccc3Cl)=NC2NC(=S)N1. The van der Waals surface area contributed by atoms with E-state index in [1.165, 1.54) is 0 Å². The maximum Gasteiger partial charge on any atom is 0.433 e. The monoisotopic (exact) mass is 400 g/mol. The Bertz CT molecular complexity index is 814. The zero-order chi connectivity index (χ0) is 18.6. The lowest BCUT2D eigenvalue weighted by atomic mass is 10.1. The standard InChI is InChI=1S/C13H7ClF6N4S/c14-6-2-1-4(12(15,16)17)3-5(6)9-21-7-8(13(18,19)20)22-11(25)24-10(7)23-9/h1-3,10H,(H,21,23)(H2,22,24,25). The summed E-state index contributed by atoms with van der Waals surface area (Å²) >= 11 is 10.6. The molecule has 0 amide bonds. The van der Waals surface area contributed by atoms with Crippen LogP contribution in [0.25, 0.3) is 0 Å². The lowest BCUT2D eigenvalue weighted by Gasteiger charge is -2.26. The van der Waals surface area contributed by atoms with Crippen LogP contribution in [-0.2, 0) is 6.18 Å². The van der Waals surface area contributed by atoms with E-state index in [-0.39, 0.29) is 21.5 Å². The van der Waals surface area contributed by atoms with Crippen LogP contribution in [0.2, 0.25) is 5.02 Å². The number of aliphatic imine (C=N–C) groups is 1. The Morgan fingerprint density at radius 2 is 1.72 bits per heavy atom. The number of fused-ring (bicyclic) bond motifs is 1. The van der Waals surface area contributed by atoms with E-state index in [0.29, 0.717) is 6.07 Å². The van der Waals surface area contributed by atoms with Gasteiger partial charge in [-0.2, -0.15) is 26.3 Å². The molecule has 2 aliphatic rings. The molecule has 25 heavy (non-hydrogen) atoms. The van der Waals surface area contributed by atoms with Gasteiger partial charge in [0.25, 0.3) is 0 Å². The predicted octanol–water partition coefficient (Wildman–Crippen LogP) is 3.29. The molecule has 0 aliphatic carbocycles. The Labute approximate surface area is 146 Å². The van der Waals surface area contributed by atoms with Crippen LogP contribution < -0.4 is 16.0 Å². The first kappa shape index (κ1) is 17.8. The van der Waals surface area contributed by atoms with E-state index in [1.54, 1.807) is 0 Å². The molecule has 1 unspecified atom stereocenters. The summed E-state index contributed by atoms with van der Waals surface area (Å²) in [5.41, 5.74) is -2.74. The smallest absolute Gasteiger partial charge is 0.338 e. The number of amidine groups is 1. The van der Waals surface area contributed by atoms with Crippen molar-refractivity contribution in [2.45, 2.75) is 18.5 Å². The number of thiocarbonyl (C=S) groups is 1. The summed E-state index contributed by atoms with van der Waals surface area (Å²) in [5, 5.41) is 6.45. The quantitative estimate of drug-likeness (QED) is 0.500. The van der Waals surface area contributed by atoms with Crippen LogP contribution in [0.5, 0.6) is 0 Å². The Kier molecular flexibility index (Phi) is 4.11. The van der Waals surface area contributed by atoms with E-state index in [9.17, 15) is 26.3 Å². The van der Waals surface area contributed by atoms with Crippen LogP contribution >= 0.6 is 23.8 Å². The lowest BCUT2D eigenvalue weighted by Crippen LogP contribution is -2.51. The maximum atomic E-state index is 13.1. The van der Waals surface area contributed by atoms with E-state index >= 15 is 0 Å². The molecule has 0 saturated carbocycles. The molecule has 12 heteroatoms. The van der Waals surface area contributed by atoms with E-state index in [1.807, 2.05) is 5.32 Å². The molecule has 134 valence electrons. The van der Waals surface area contributed by atoms with E-state index < -0.39 is 35.5 Å². The van der Waals surface area contributed by atoms with Crippen molar-refractivity contribution in [3.05, 3.63) is 45.7 Å². The van der Waals surface area contributed by atoms with Crippen molar-refractivity contribution in [2.75, 3.05) is 0 Å². The minimum Gasteiger partial charge on any atom is -0.338 e. The number of benzene rings is 1. The fourth-order valence-electron chi connectivity index (χ4n) is 2.31. The normalized spacial score (nSPS) is 20.5. The number of alkyl halides is 6. The van der Waals surface area contributed by atoms with Crippen molar-refractivity contribution < 1.29 is 26.3 Å². The first-order chi connectivity index (χ1) is 11.5. The number of nitrogens with one attached hydrogen (secondary N) is 3. The highest BCUT2D eigenvalue weighted by atomic mass is 35.5. The fourth-order valence-corrected chi connectivity index (χ4v) is 2.73. The highest BCUT2D eigenvalue weighted by molar-refractivity contribution is 7.80. The Hall–Kier alpha value is -2.01. The van der Waals surface area contributed by atoms with Gasteiger partial charge in [-0.1, -0.05) is 11.6 Å². The first-order valence-corrected chi connectivity index (χ1v) is 7.36. The molecule has 3 rings (SSSR count). The zero-order valence-electron chi connectivity index (χ0n) is 11.8. The molecule has 0 fully saturated rings. The van der Waals surface area contributed by atoms with Crippen molar-refractivity contribution in [1.29, 1.82) is 0 Å². The van der Waals surface area contributed by atoms with Gasteiger partial charge in [0.15, 0.2) is 11.3 Å². The maximum absolute atomic E-state index is 13.1. The van der Waals surface area contributed by atoms with Crippen molar-refractivity contribution in [1.82, 2.24) is 16.0 Å². The minimum absolute atomic E-state index is 0.0948. The molecule has 4 nitrogen and oxygen atoms in total. The molecule has 2 heterocycles. The third-order valence-electron chi connectivity index (χ3n) is 3.39. The van der Waals surface area contributed by atoms with Crippen molar-refractivity contribution in [2.24, 2.45) is 4.99 Å². The van der Waals surface area contributed by atoms with Gasteiger partial charge in [0.1, 0.15) is 11.5 Å². The molecular weight excluding hydrogens is 394 g/mol. The van der Waals surface area contributed by atoms with Crippen LogP contribution in [0.3, 0.4) is 0 Å². The van der Waals surface area contributed by atoms with E-state index in [2.05, 4.69) is 15.6 Å². The second-order valence-electron chi connectivity index (χ2n) is 5.08. The number of nitrogens with zero attached hydrogens (tertiary/aromatic N) is 1. The number of hydrogen-bond donors (Lipinski definition) is 3. The summed E-state index contributed by atoms with van der Waals surface area (Å²) in [5.74, 6) is -0.225. The second kappa shape index (κ2) is 5.77. The number of hydrogen-bond acceptors (Lipinski definition) is 3. The van der Waals surface area contributed by atoms with Gasteiger partial charge in [-0.15, -0.1) is 0 Å². The largest absolute Gasteiger partial charge is 0.433 e. The molecule has 0 bridgehead atoms. The highest BCUT2D eigenvalue weighted by Crippen LogP contribution is 2.34. The highest BCUT2D eigenvalue weighted by Gasteiger charge is 2.44. The van der Waals surface area contributed by atoms with Crippen LogP contribution in [0.1, 0.15) is 11.1 Å². The second-order valence-corrected chi connectivity index (χ2v) is 5.90. The fraction of sp³-hybridized carbons (Fsp3) is 0.231. The van der Waals surface area contributed by atoms with Gasteiger partial charge in [0.2, 0.25) is 0 Å². The van der Waals surface area contributed by atoms with Gasteiger partial charge >= 0.3 is 12.4 Å². The minimum atomic E-state index is -4.75. The summed E-state index contributed by atoms with van der Waals surface area (Å²) in [6.07, 6.45) is -10.6. The molecule has 0 aromatic heterocycles. The number of allylic oxidation sites excluding steroid dienone is 1. The molecule has 1 aromatic rings. The van der Waals surface area contributed by atoms with Gasteiger partial charge < -0.3 is 16.0 Å². The molecule has 1 atom stereocenters. The van der Waals surface area contributed by atoms with Crippen molar-refractivity contribution in [3.8, 4) is 0 Å². The first-order valence-electron chi connectivity index (χ1n) is 6.57. The van der Waals surface area contributed by atoms with E-state index in [4.69, 9.17) is 23.8 Å². The third-order valence-corrected chi connectivity index (χ3v) is 3.94. The van der Waals surface area contributed by atoms with Crippen LogP contribution in [0, 0.1) is 0 Å². The Morgan fingerprint density at radius 3 is 2.32 bits per heavy atom. The van der Waals surface area contributed by atoms with Crippen LogP contribution in [0.15, 0.2) is 34.6 Å². The van der Waals surface area contributed by atoms with Crippen molar-refractivity contribution in [3.63, 3.8) is 0 Å². The van der Waals surface area contributed by atoms with Gasteiger partial charge in [-0.05, 0) is 30.4 Å². The molecule has 2 aliphatic heterocycles. The summed E-state index contributed by atoms with van der Waals surface area (Å²) in [7, 11) is 0. The number of rotatable bonds is 1. The summed E-state index contributed by atoms with van der Waals surface area (Å²) in [6, 6.07) is 2.48. The van der Waals surface area contributed by atoms with Gasteiger partial charge in [-0.25, -0.2) is 4.99 Å². The average Bonchev–Trinajstić information content (AvgIpc) is 2.87. The predicted molar refractivity (Wildman–Crippen MR) is 81.9 cm³/mol. The molecule has 0 saturated heterocycles. The topological polar surface area (TPSA) is 48.5 Å². The molecule has 0 spiro atoms. The average molecular weight is 401 g/mol. The van der Waals surface area contributed by atoms with Crippen LogP contribution in [0.4, 0.5) is 26.3 Å². The molecule has 1 aromatic carbocycles. The van der Waals surface area contributed by atoms with Gasteiger partial charge in [-0.3, -0.25) is 0 Å².